The average Bonchev–Trinajstić information content (AvgIpc) is 4.29. The number of nitrogens with two attached hydrogens (primary N) is 2. The molecule has 0 aliphatic carbocycles. The van der Waals surface area contributed by atoms with Crippen LogP contribution >= 0.6 is 0 Å². The predicted molar refractivity (Wildman–Crippen MR) is 282 cm³/mol. The van der Waals surface area contributed by atoms with Gasteiger partial charge in [0.1, 0.15) is 48.3 Å². The Morgan fingerprint density at radius 2 is 1.32 bits per heavy atom. The normalized spacial score (nSPS) is 24.1. The smallest absolute Gasteiger partial charge is 0.246 e. The zero-order valence-corrected chi connectivity index (χ0v) is 43.2. The fourth-order valence-corrected chi connectivity index (χ4v) is 10.1. The summed E-state index contributed by atoms with van der Waals surface area (Å²) in [6.07, 6.45) is 4.89. The maximum atomic E-state index is 15.0. The molecular formula is C52H68N16O10. The van der Waals surface area contributed by atoms with E-state index in [-0.39, 0.29) is 70.5 Å². The van der Waals surface area contributed by atoms with Crippen molar-refractivity contribution in [1.29, 1.82) is 5.41 Å². The Labute approximate surface area is 449 Å². The van der Waals surface area contributed by atoms with Crippen LogP contribution in [0.15, 0.2) is 73.3 Å². The van der Waals surface area contributed by atoms with Gasteiger partial charge in [-0.3, -0.25) is 53.4 Å². The van der Waals surface area contributed by atoms with E-state index in [1.54, 1.807) is 42.6 Å². The molecule has 0 unspecified atom stereocenters. The van der Waals surface area contributed by atoms with Crippen LogP contribution in [0.3, 0.4) is 0 Å². The number of likely N-dealkylation sites (tertiary alicyclic amines) is 2. The van der Waals surface area contributed by atoms with Crippen LogP contribution in [-0.4, -0.2) is 164 Å². The van der Waals surface area contributed by atoms with E-state index in [2.05, 4.69) is 57.5 Å². The largest absolute Gasteiger partial charge is 0.370 e. The minimum absolute atomic E-state index is 0.0815. The summed E-state index contributed by atoms with van der Waals surface area (Å²) in [4.78, 5) is 154. The van der Waals surface area contributed by atoms with E-state index in [4.69, 9.17) is 16.9 Å². The lowest BCUT2D eigenvalue weighted by Crippen LogP contribution is -2.61. The molecule has 5 heterocycles. The first-order valence-corrected chi connectivity index (χ1v) is 26.1. The van der Waals surface area contributed by atoms with E-state index in [1.807, 2.05) is 18.2 Å². The minimum Gasteiger partial charge on any atom is -0.370 e. The number of imidazole rings is 1. The Morgan fingerprint density at radius 1 is 0.705 bits per heavy atom. The maximum absolute atomic E-state index is 15.0. The third-order valence-electron chi connectivity index (χ3n) is 14.0. The second-order valence-corrected chi connectivity index (χ2v) is 19.7. The number of carbonyl (C=O) groups excluding carboxylic acids is 10. The first-order chi connectivity index (χ1) is 37.4. The van der Waals surface area contributed by atoms with Gasteiger partial charge in [0.25, 0.3) is 0 Å². The molecule has 0 bridgehead atoms. The highest BCUT2D eigenvalue weighted by Crippen LogP contribution is 2.26. The van der Waals surface area contributed by atoms with Gasteiger partial charge in [-0.05, 0) is 62.1 Å². The van der Waals surface area contributed by atoms with Crippen LogP contribution in [-0.2, 0) is 67.2 Å². The van der Waals surface area contributed by atoms with Crippen LogP contribution in [0.25, 0.3) is 10.9 Å². The molecular weight excluding hydrogens is 1010 g/mol. The van der Waals surface area contributed by atoms with Crippen LogP contribution in [0.4, 0.5) is 0 Å². The molecule has 26 heteroatoms. The summed E-state index contributed by atoms with van der Waals surface area (Å²) in [5.41, 5.74) is 13.5. The summed E-state index contributed by atoms with van der Waals surface area (Å²) < 4.78 is 0. The second-order valence-electron chi connectivity index (χ2n) is 19.7. The molecule has 0 radical (unpaired) electrons. The van der Waals surface area contributed by atoms with E-state index in [9.17, 15) is 43.2 Å². The standard InChI is InChI=1S/C52H68N16O10/c1-29(69)61-40-27-59-43(70)18-17-36(50(77)68-21-9-16-42(68)51(78)67-20-8-15-41(67)44(53)71)63-47(74)38(23-31-25-58-34-13-6-5-12-33(31)34)65-45(72)35(14-7-19-57-52(54)55)62-46(73)37(22-30-10-3-2-4-11-30)64-48(75)39(66-49(40)76)24-32-26-56-28-60-32/h2-6,10-13,25-26,28,35-42,58H,7-9,14-24,27H2,1H3,(H2,53,71)(H,56,60)(H,59,70)(H,61,69)(H,62,73)(H,63,74)(H,64,75)(H,65,72)(H,66,76)(H4,54,55,57)/t35-,36-,37+,38-,39-,40-,41-,42-/m0/s1. The number of benzene rings is 2. The second kappa shape index (κ2) is 26.8. The van der Waals surface area contributed by atoms with Crippen molar-refractivity contribution in [1.82, 2.24) is 67.3 Å². The number of aromatic amines is 2. The van der Waals surface area contributed by atoms with Crippen molar-refractivity contribution in [3.05, 3.63) is 90.1 Å². The SMILES string of the molecule is CC(=O)N[C@H]1CNC(=O)CC[C@@H](C(=O)N2CCC[C@H]2C(=O)N2CCC[C@H]2C(N)=O)NC(=O)[C@H](Cc2c[nH]c3ccccc23)NC(=O)[C@H](CCCNC(=N)N)NC(=O)[C@@H](Cc2ccccc2)NC(=O)[C@H](Cc2c[nH]cn2)NC1=O. The van der Waals surface area contributed by atoms with Gasteiger partial charge in [0, 0.05) is 82.1 Å². The average molecular weight is 1080 g/mol. The molecule has 7 rings (SSSR count). The third kappa shape index (κ3) is 15.2. The van der Waals surface area contributed by atoms with Gasteiger partial charge in [-0.25, -0.2) is 4.98 Å². The van der Waals surface area contributed by atoms with E-state index in [1.165, 1.54) is 22.3 Å². The summed E-state index contributed by atoms with van der Waals surface area (Å²) in [6, 6.07) is 5.41. The molecule has 3 saturated heterocycles. The molecule has 3 aliphatic rings. The molecule has 8 atom stereocenters. The van der Waals surface area contributed by atoms with Gasteiger partial charge in [-0.1, -0.05) is 48.5 Å². The molecule has 78 heavy (non-hydrogen) atoms. The van der Waals surface area contributed by atoms with E-state index < -0.39 is 120 Å². The van der Waals surface area contributed by atoms with Gasteiger partial charge in [-0.2, -0.15) is 0 Å². The first kappa shape index (κ1) is 56.9. The maximum Gasteiger partial charge on any atom is 0.246 e. The highest BCUT2D eigenvalue weighted by Gasteiger charge is 2.44. The van der Waals surface area contributed by atoms with Gasteiger partial charge in [-0.15, -0.1) is 0 Å². The van der Waals surface area contributed by atoms with Crippen molar-refractivity contribution in [2.75, 3.05) is 26.2 Å². The number of amides is 10. The molecule has 15 N–H and O–H groups in total. The highest BCUT2D eigenvalue weighted by atomic mass is 16.2. The number of nitrogens with one attached hydrogen (secondary N) is 11. The Morgan fingerprint density at radius 3 is 2.00 bits per heavy atom. The Hall–Kier alpha value is -8.84. The Balaban J connectivity index is 1.28. The number of rotatable bonds is 14. The number of hydrogen-bond donors (Lipinski definition) is 13. The molecule has 416 valence electrons. The van der Waals surface area contributed by atoms with E-state index in [0.717, 1.165) is 17.8 Å². The summed E-state index contributed by atoms with van der Waals surface area (Å²) in [5, 5.41) is 29.9. The van der Waals surface area contributed by atoms with Crippen molar-refractivity contribution in [2.45, 2.75) is 126 Å². The lowest BCUT2D eigenvalue weighted by atomic mass is 10.0. The van der Waals surface area contributed by atoms with E-state index >= 15 is 4.79 Å². The van der Waals surface area contributed by atoms with Crippen LogP contribution in [0.1, 0.15) is 75.1 Å². The number of primary amides is 1. The van der Waals surface area contributed by atoms with Crippen LogP contribution in [0.5, 0.6) is 0 Å². The zero-order valence-electron chi connectivity index (χ0n) is 43.2. The van der Waals surface area contributed by atoms with Crippen molar-refractivity contribution in [2.24, 2.45) is 11.5 Å². The third-order valence-corrected chi connectivity index (χ3v) is 14.0. The predicted octanol–water partition coefficient (Wildman–Crippen LogP) is -2.51. The number of H-pyrrole nitrogens is 2. The molecule has 3 fully saturated rings. The van der Waals surface area contributed by atoms with Crippen LogP contribution < -0.4 is 54.0 Å². The summed E-state index contributed by atoms with van der Waals surface area (Å²) in [5.74, 6) is -7.85. The van der Waals surface area contributed by atoms with Crippen molar-refractivity contribution < 1.29 is 47.9 Å². The fourth-order valence-electron chi connectivity index (χ4n) is 10.1. The molecule has 3 aliphatic heterocycles. The number of hydrogen-bond acceptors (Lipinski definition) is 12. The molecule has 26 nitrogen and oxygen atoms in total. The summed E-state index contributed by atoms with van der Waals surface area (Å²) in [6.45, 7) is 1.10. The fraction of sp³-hybridized carbons (Fsp3) is 0.462. The molecule has 0 spiro atoms. The number of para-hydroxylation sites is 1. The Kier molecular flexibility index (Phi) is 19.5. The Bertz CT molecular complexity index is 2840. The van der Waals surface area contributed by atoms with Gasteiger partial charge in [0.2, 0.25) is 59.1 Å². The van der Waals surface area contributed by atoms with Gasteiger partial charge in [0.05, 0.1) is 12.0 Å². The van der Waals surface area contributed by atoms with Crippen LogP contribution in [0, 0.1) is 5.41 Å². The quantitative estimate of drug-likeness (QED) is 0.0353. The molecule has 2 aromatic heterocycles. The molecule has 10 amide bonds. The van der Waals surface area contributed by atoms with E-state index in [0.29, 0.717) is 36.1 Å². The number of nitrogens with zero attached hydrogens (tertiary/aromatic N) is 3. The topological polar surface area (TPSA) is 394 Å². The van der Waals surface area contributed by atoms with Gasteiger partial charge >= 0.3 is 0 Å². The zero-order chi connectivity index (χ0) is 55.9. The molecule has 4 aromatic rings. The van der Waals surface area contributed by atoms with Crippen LogP contribution in [0.2, 0.25) is 0 Å². The molecule has 2 aromatic carbocycles. The first-order valence-electron chi connectivity index (χ1n) is 26.1. The van der Waals surface area contributed by atoms with Crippen molar-refractivity contribution in [3.8, 4) is 0 Å². The number of carbonyl (C=O) groups is 10. The minimum atomic E-state index is -1.50. The number of aromatic nitrogens is 3. The van der Waals surface area contributed by atoms with Crippen molar-refractivity contribution >= 4 is 75.9 Å². The lowest BCUT2D eigenvalue weighted by molar-refractivity contribution is -0.147. The number of fused-ring (bicyclic) bond motifs is 1. The summed E-state index contributed by atoms with van der Waals surface area (Å²) in [7, 11) is 0. The molecule has 0 saturated carbocycles. The monoisotopic (exact) mass is 1080 g/mol. The lowest BCUT2D eigenvalue weighted by Gasteiger charge is -2.33. The summed E-state index contributed by atoms with van der Waals surface area (Å²) >= 11 is 0. The highest BCUT2D eigenvalue weighted by molar-refractivity contribution is 5.99. The van der Waals surface area contributed by atoms with Gasteiger partial charge < -0.3 is 73.8 Å². The number of guanidine groups is 1. The van der Waals surface area contributed by atoms with Gasteiger partial charge in [0.15, 0.2) is 5.96 Å². The van der Waals surface area contributed by atoms with Crippen molar-refractivity contribution in [3.63, 3.8) is 0 Å².